The molecular weight excluding hydrogens is 304 g/mol. The van der Waals surface area contributed by atoms with Crippen molar-refractivity contribution in [1.29, 1.82) is 0 Å². The smallest absolute Gasteiger partial charge is 0.126 e. The van der Waals surface area contributed by atoms with Crippen LogP contribution in [0.25, 0.3) is 0 Å². The van der Waals surface area contributed by atoms with Crippen LogP contribution in [0.15, 0.2) is 18.2 Å². The van der Waals surface area contributed by atoms with Crippen LogP contribution in [-0.4, -0.2) is 35.5 Å². The molecular formula is C13H16BrF2NO. The Morgan fingerprint density at radius 2 is 2.00 bits per heavy atom. The normalized spacial score (nSPS) is 25.3. The van der Waals surface area contributed by atoms with E-state index >= 15 is 0 Å². The van der Waals surface area contributed by atoms with Crippen LogP contribution in [0, 0.1) is 11.6 Å². The first kappa shape index (κ1) is 13.9. The third kappa shape index (κ3) is 3.49. The lowest BCUT2D eigenvalue weighted by Crippen LogP contribution is -2.48. The van der Waals surface area contributed by atoms with Gasteiger partial charge in [-0.2, -0.15) is 0 Å². The molecule has 0 spiro atoms. The highest BCUT2D eigenvalue weighted by molar-refractivity contribution is 9.09. The van der Waals surface area contributed by atoms with E-state index in [0.29, 0.717) is 18.7 Å². The molecule has 2 atom stereocenters. The second-order valence-electron chi connectivity index (χ2n) is 4.67. The van der Waals surface area contributed by atoms with Crippen LogP contribution in [0.3, 0.4) is 0 Å². The van der Waals surface area contributed by atoms with Gasteiger partial charge in [-0.3, -0.25) is 4.90 Å². The van der Waals surface area contributed by atoms with Gasteiger partial charge < -0.3 is 4.74 Å². The van der Waals surface area contributed by atoms with E-state index in [4.69, 9.17) is 4.74 Å². The van der Waals surface area contributed by atoms with Crippen LogP contribution in [0.1, 0.15) is 12.5 Å². The van der Waals surface area contributed by atoms with Crippen molar-refractivity contribution in [2.45, 2.75) is 25.6 Å². The first-order valence-corrected chi connectivity index (χ1v) is 7.07. The summed E-state index contributed by atoms with van der Waals surface area (Å²) in [5.41, 5.74) is 0.662. The van der Waals surface area contributed by atoms with E-state index in [1.165, 1.54) is 12.1 Å². The minimum absolute atomic E-state index is 0.139. The van der Waals surface area contributed by atoms with Crippen LogP contribution in [0.4, 0.5) is 8.78 Å². The van der Waals surface area contributed by atoms with Crippen molar-refractivity contribution in [3.05, 3.63) is 35.4 Å². The Labute approximate surface area is 114 Å². The quantitative estimate of drug-likeness (QED) is 0.794. The second kappa shape index (κ2) is 6.08. The highest BCUT2D eigenvalue weighted by atomic mass is 79.9. The SMILES string of the molecule is CC1COC(CBr)CN1Cc1cc(F)cc(F)c1. The highest BCUT2D eigenvalue weighted by Gasteiger charge is 2.25. The number of hydrogen-bond donors (Lipinski definition) is 0. The van der Waals surface area contributed by atoms with Crippen molar-refractivity contribution in [3.63, 3.8) is 0 Å². The molecule has 0 N–H and O–H groups in total. The summed E-state index contributed by atoms with van der Waals surface area (Å²) in [7, 11) is 0. The fourth-order valence-corrected chi connectivity index (χ4v) is 2.52. The molecule has 0 aromatic heterocycles. The van der Waals surface area contributed by atoms with Gasteiger partial charge in [0.15, 0.2) is 0 Å². The van der Waals surface area contributed by atoms with Crippen LogP contribution in [-0.2, 0) is 11.3 Å². The van der Waals surface area contributed by atoms with E-state index < -0.39 is 11.6 Å². The Kier molecular flexibility index (Phi) is 4.70. The molecule has 0 radical (unpaired) electrons. The third-order valence-electron chi connectivity index (χ3n) is 3.11. The zero-order valence-electron chi connectivity index (χ0n) is 10.2. The molecule has 1 saturated heterocycles. The highest BCUT2D eigenvalue weighted by Crippen LogP contribution is 2.18. The monoisotopic (exact) mass is 319 g/mol. The van der Waals surface area contributed by atoms with Crippen molar-refractivity contribution in [1.82, 2.24) is 4.90 Å². The maximum atomic E-state index is 13.1. The van der Waals surface area contributed by atoms with Gasteiger partial charge in [0.05, 0.1) is 12.7 Å². The predicted molar refractivity (Wildman–Crippen MR) is 69.8 cm³/mol. The molecule has 0 amide bonds. The summed E-state index contributed by atoms with van der Waals surface area (Å²) in [5.74, 6) is -1.05. The summed E-state index contributed by atoms with van der Waals surface area (Å²) >= 11 is 3.40. The fourth-order valence-electron chi connectivity index (χ4n) is 2.13. The molecule has 2 rings (SSSR count). The number of benzene rings is 1. The molecule has 1 fully saturated rings. The molecule has 5 heteroatoms. The molecule has 1 heterocycles. The third-order valence-corrected chi connectivity index (χ3v) is 3.84. The number of rotatable bonds is 3. The number of morpholine rings is 1. The molecule has 0 bridgehead atoms. The molecule has 1 aromatic carbocycles. The number of nitrogens with zero attached hydrogens (tertiary/aromatic N) is 1. The first-order chi connectivity index (χ1) is 8.58. The Hall–Kier alpha value is -0.520. The van der Waals surface area contributed by atoms with E-state index in [1.54, 1.807) is 0 Å². The minimum atomic E-state index is -0.525. The first-order valence-electron chi connectivity index (χ1n) is 5.95. The Morgan fingerprint density at radius 3 is 2.61 bits per heavy atom. The number of ether oxygens (including phenoxy) is 1. The number of hydrogen-bond acceptors (Lipinski definition) is 2. The van der Waals surface area contributed by atoms with Crippen molar-refractivity contribution in [2.24, 2.45) is 0 Å². The maximum absolute atomic E-state index is 13.1. The van der Waals surface area contributed by atoms with Gasteiger partial charge in [0, 0.05) is 30.5 Å². The zero-order valence-corrected chi connectivity index (χ0v) is 11.8. The molecule has 2 unspecified atom stereocenters. The summed E-state index contributed by atoms with van der Waals surface area (Å²) in [6.45, 7) is 4.02. The molecule has 2 nitrogen and oxygen atoms in total. The van der Waals surface area contributed by atoms with Crippen molar-refractivity contribution >= 4 is 15.9 Å². The van der Waals surface area contributed by atoms with Crippen molar-refractivity contribution in [3.8, 4) is 0 Å². The molecule has 18 heavy (non-hydrogen) atoms. The van der Waals surface area contributed by atoms with Crippen LogP contribution in [0.2, 0.25) is 0 Å². The van der Waals surface area contributed by atoms with Crippen molar-refractivity contribution < 1.29 is 13.5 Å². The fraction of sp³-hybridized carbons (Fsp3) is 0.538. The lowest BCUT2D eigenvalue weighted by molar-refractivity contribution is -0.0500. The van der Waals surface area contributed by atoms with Crippen LogP contribution < -0.4 is 0 Å². The molecule has 1 aromatic rings. The van der Waals surface area contributed by atoms with Crippen LogP contribution in [0.5, 0.6) is 0 Å². The van der Waals surface area contributed by atoms with Gasteiger partial charge in [0.1, 0.15) is 11.6 Å². The Balaban J connectivity index is 2.06. The van der Waals surface area contributed by atoms with E-state index in [1.807, 2.05) is 0 Å². The van der Waals surface area contributed by atoms with Gasteiger partial charge >= 0.3 is 0 Å². The van der Waals surface area contributed by atoms with E-state index in [2.05, 4.69) is 27.8 Å². The summed E-state index contributed by atoms with van der Waals surface area (Å²) in [6.07, 6.45) is 0.139. The standard InChI is InChI=1S/C13H16BrF2NO/c1-9-8-18-13(5-14)7-17(9)6-10-2-11(15)4-12(16)3-10/h2-4,9,13H,5-8H2,1H3. The predicted octanol–water partition coefficient (Wildman–Crippen LogP) is 2.95. The van der Waals surface area contributed by atoms with Crippen LogP contribution >= 0.6 is 15.9 Å². The Morgan fingerprint density at radius 1 is 1.33 bits per heavy atom. The van der Waals surface area contributed by atoms with Gasteiger partial charge in [-0.25, -0.2) is 8.78 Å². The minimum Gasteiger partial charge on any atom is -0.374 e. The molecule has 0 saturated carbocycles. The summed E-state index contributed by atoms with van der Waals surface area (Å²) < 4.78 is 31.9. The topological polar surface area (TPSA) is 12.5 Å². The van der Waals surface area contributed by atoms with Gasteiger partial charge in [-0.1, -0.05) is 15.9 Å². The number of halogens is 3. The van der Waals surface area contributed by atoms with Gasteiger partial charge in [-0.05, 0) is 24.6 Å². The average molecular weight is 320 g/mol. The van der Waals surface area contributed by atoms with Crippen molar-refractivity contribution in [2.75, 3.05) is 18.5 Å². The van der Waals surface area contributed by atoms with E-state index in [0.717, 1.165) is 17.9 Å². The molecule has 100 valence electrons. The van der Waals surface area contributed by atoms with E-state index in [9.17, 15) is 8.78 Å². The molecule has 1 aliphatic rings. The molecule has 0 aliphatic carbocycles. The van der Waals surface area contributed by atoms with E-state index in [-0.39, 0.29) is 12.1 Å². The average Bonchev–Trinajstić information content (AvgIpc) is 2.30. The van der Waals surface area contributed by atoms with Gasteiger partial charge in [-0.15, -0.1) is 0 Å². The van der Waals surface area contributed by atoms with Gasteiger partial charge in [0.25, 0.3) is 0 Å². The molecule has 1 aliphatic heterocycles. The zero-order chi connectivity index (χ0) is 13.1. The summed E-state index contributed by atoms with van der Waals surface area (Å²) in [4.78, 5) is 2.18. The van der Waals surface area contributed by atoms with Gasteiger partial charge in [0.2, 0.25) is 0 Å². The number of alkyl halides is 1. The summed E-state index contributed by atoms with van der Waals surface area (Å²) in [6, 6.07) is 3.92. The lowest BCUT2D eigenvalue weighted by atomic mass is 10.1. The summed E-state index contributed by atoms with van der Waals surface area (Å²) in [5, 5.41) is 0.772. The maximum Gasteiger partial charge on any atom is 0.126 e. The lowest BCUT2D eigenvalue weighted by Gasteiger charge is -2.37. The Bertz CT molecular complexity index is 396. The largest absolute Gasteiger partial charge is 0.374 e. The second-order valence-corrected chi connectivity index (χ2v) is 5.31.